The van der Waals surface area contributed by atoms with E-state index in [1.807, 2.05) is 32.0 Å². The number of amides is 1. The third-order valence-electron chi connectivity index (χ3n) is 18.2. The van der Waals surface area contributed by atoms with Crippen molar-refractivity contribution >= 4 is 124 Å². The average molecular weight is 1540 g/mol. The summed E-state index contributed by atoms with van der Waals surface area (Å²) in [6.07, 6.45) is 4.24. The molecule has 2 aliphatic rings. The second-order valence-electron chi connectivity index (χ2n) is 25.0. The maximum Gasteiger partial charge on any atom is 0.230 e. The van der Waals surface area contributed by atoms with Crippen LogP contribution < -0.4 is 69.0 Å². The Balaban J connectivity index is 0.000000130. The molecule has 4 atom stereocenters. The smallest absolute Gasteiger partial charge is 0.230 e. The fourth-order valence-electron chi connectivity index (χ4n) is 13.2. The van der Waals surface area contributed by atoms with Crippen LogP contribution in [0, 0.1) is 18.3 Å². The van der Waals surface area contributed by atoms with E-state index in [2.05, 4.69) is 406 Å². The molecule has 1 fully saturated rings. The summed E-state index contributed by atoms with van der Waals surface area (Å²) in [6.45, 7) is 4.75. The van der Waals surface area contributed by atoms with Crippen molar-refractivity contribution < 1.29 is 25.2 Å². The van der Waals surface area contributed by atoms with Gasteiger partial charge in [0.15, 0.2) is 0 Å². The molecule has 0 radical (unpaired) electrons. The van der Waals surface area contributed by atoms with Crippen LogP contribution in [0.4, 0.5) is 0 Å². The van der Waals surface area contributed by atoms with Gasteiger partial charge in [-0.1, -0.05) is 424 Å². The summed E-state index contributed by atoms with van der Waals surface area (Å²) >= 11 is 12.7. The Morgan fingerprint density at radius 3 is 0.786 bits per heavy atom. The van der Waals surface area contributed by atoms with Gasteiger partial charge in [0.25, 0.3) is 0 Å². The Bertz CT molecular complexity index is 3970. The van der Waals surface area contributed by atoms with Gasteiger partial charge in [-0.15, -0.1) is 0 Å². The first-order chi connectivity index (χ1) is 50.2. The van der Waals surface area contributed by atoms with Crippen LogP contribution in [-0.4, -0.2) is 12.5 Å². The summed E-state index contributed by atoms with van der Waals surface area (Å²) in [4.78, 5) is 12.5. The molecule has 1 aliphatic carbocycles. The predicted molar refractivity (Wildman–Crippen MR) is 447 cm³/mol. The van der Waals surface area contributed by atoms with Gasteiger partial charge in [-0.2, -0.15) is 0 Å². The molecule has 16 rings (SSSR count). The molecular weight excluding hydrogens is 1460 g/mol. The third kappa shape index (κ3) is 20.0. The maximum absolute atomic E-state index is 12.5. The topological polar surface area (TPSA) is 29.1 Å². The Labute approximate surface area is 638 Å². The summed E-state index contributed by atoms with van der Waals surface area (Å²) in [5.41, 5.74) is 2.95. The predicted octanol–water partition coefficient (Wildman–Crippen LogP) is 19.3. The minimum absolute atomic E-state index is 0. The van der Waals surface area contributed by atoms with Gasteiger partial charge in [0.2, 0.25) is 5.91 Å². The summed E-state index contributed by atoms with van der Waals surface area (Å²) in [6, 6.07) is 144. The molecule has 0 saturated carbocycles. The van der Waals surface area contributed by atoms with Crippen LogP contribution in [0.5, 0.6) is 0 Å². The van der Waals surface area contributed by atoms with E-state index in [-0.39, 0.29) is 44.1 Å². The Kier molecular flexibility index (Phi) is 28.3. The SMILES string of the molecule is Cc1ccc([C@@H]2C=C[C@@]3(C)C(=O)NC[C@H]3[C@H]2c2ccc(Cl)cc2)c(Cl)c1.[Pd].c1ccc(P(c2ccccc2)c2ccccc2)cc1.c1ccc(P(c2ccccc2)c2ccccc2)cc1.c1ccc(P(c2ccccc2)c2ccccc2)cc1.c1ccc(P(c2ccccc2)c2ccccc2)cc1. The number of carbonyl (C=O) groups excluding carboxylic acids is 1. The first-order valence-electron chi connectivity index (χ1n) is 34.5. The van der Waals surface area contributed by atoms with Crippen molar-refractivity contribution in [1.82, 2.24) is 5.32 Å². The number of rotatable bonds is 14. The first-order valence-corrected chi connectivity index (χ1v) is 40.6. The molecule has 2 nitrogen and oxygen atoms in total. The molecular formula is C94H81Cl2NOP4Pd. The number of carbonyl (C=O) groups is 1. The molecule has 0 spiro atoms. The largest absolute Gasteiger partial charge is 0.355 e. The van der Waals surface area contributed by atoms with Crippen LogP contribution >= 0.6 is 54.9 Å². The molecule has 9 heteroatoms. The molecule has 14 aromatic rings. The van der Waals surface area contributed by atoms with Crippen LogP contribution in [0.1, 0.15) is 35.4 Å². The molecule has 1 heterocycles. The van der Waals surface area contributed by atoms with Crippen molar-refractivity contribution in [2.45, 2.75) is 25.7 Å². The summed E-state index contributed by atoms with van der Waals surface area (Å²) in [5.74, 6) is 0.547. The molecule has 512 valence electrons. The molecule has 1 saturated heterocycles. The number of benzene rings is 14. The molecule has 0 aromatic heterocycles. The Morgan fingerprint density at radius 1 is 0.330 bits per heavy atom. The number of fused-ring (bicyclic) bond motifs is 1. The van der Waals surface area contributed by atoms with Crippen molar-refractivity contribution in [2.75, 3.05) is 6.54 Å². The van der Waals surface area contributed by atoms with Crippen molar-refractivity contribution in [2.24, 2.45) is 11.3 Å². The van der Waals surface area contributed by atoms with Gasteiger partial charge in [0, 0.05) is 54.8 Å². The van der Waals surface area contributed by atoms with E-state index in [0.717, 1.165) is 16.1 Å². The number of hydrogen-bond donors (Lipinski definition) is 1. The number of allylic oxidation sites excluding steroid dienone is 1. The molecule has 1 N–H and O–H groups in total. The second kappa shape index (κ2) is 38.7. The molecule has 14 aromatic carbocycles. The van der Waals surface area contributed by atoms with Crippen molar-refractivity contribution in [3.05, 3.63) is 445 Å². The van der Waals surface area contributed by atoms with E-state index in [4.69, 9.17) is 23.2 Å². The molecule has 0 unspecified atom stereocenters. The van der Waals surface area contributed by atoms with Crippen LogP contribution in [0.25, 0.3) is 0 Å². The summed E-state index contributed by atoms with van der Waals surface area (Å²) in [7, 11) is -1.78. The van der Waals surface area contributed by atoms with Crippen molar-refractivity contribution in [1.29, 1.82) is 0 Å². The second-order valence-corrected chi connectivity index (χ2v) is 34.7. The van der Waals surface area contributed by atoms with Crippen LogP contribution in [0.15, 0.2) is 419 Å². The van der Waals surface area contributed by atoms with E-state index in [1.54, 1.807) is 0 Å². The van der Waals surface area contributed by atoms with Gasteiger partial charge in [0.1, 0.15) is 0 Å². The van der Waals surface area contributed by atoms with E-state index >= 15 is 0 Å². The number of aryl methyl sites for hydroxylation is 1. The average Bonchev–Trinajstić information content (AvgIpc) is 1.65. The quantitative estimate of drug-likeness (QED) is 0.0656. The maximum atomic E-state index is 12.5. The summed E-state index contributed by atoms with van der Waals surface area (Å²) < 4.78 is 0. The Hall–Kier alpha value is -8.75. The van der Waals surface area contributed by atoms with Gasteiger partial charge < -0.3 is 5.32 Å². The number of halogens is 2. The molecule has 0 bridgehead atoms. The zero-order chi connectivity index (χ0) is 70.1. The van der Waals surface area contributed by atoms with Gasteiger partial charge in [0.05, 0.1) is 5.41 Å². The van der Waals surface area contributed by atoms with E-state index in [9.17, 15) is 4.79 Å². The molecule has 1 amide bonds. The minimum Gasteiger partial charge on any atom is -0.355 e. The monoisotopic (exact) mass is 1540 g/mol. The zero-order valence-electron chi connectivity index (χ0n) is 57.5. The Morgan fingerprint density at radius 2 is 0.563 bits per heavy atom. The van der Waals surface area contributed by atoms with Crippen molar-refractivity contribution in [3.63, 3.8) is 0 Å². The summed E-state index contributed by atoms with van der Waals surface area (Å²) in [5, 5.41) is 21.3. The van der Waals surface area contributed by atoms with Gasteiger partial charge in [-0.05, 0) is 144 Å². The van der Waals surface area contributed by atoms with Gasteiger partial charge in [-0.25, -0.2) is 0 Å². The molecule has 103 heavy (non-hydrogen) atoms. The minimum atomic E-state index is -0.488. The zero-order valence-corrected chi connectivity index (χ0v) is 64.2. The van der Waals surface area contributed by atoms with Gasteiger partial charge in [-0.3, -0.25) is 4.79 Å². The van der Waals surface area contributed by atoms with E-state index < -0.39 is 37.1 Å². The standard InChI is InChI=1S/C22H21Cl2NO.4C18H15P.Pd/c1-13-3-8-16(19(24)11-13)17-9-10-22(2)18(12-25-21(22)26)20(17)14-4-6-15(23)7-5-14;4*1-4-10-16(11-5-1)19(17-12-6-2-7-13-17)18-14-8-3-9-15-18;/h3-11,17-18,20H,12H2,1-2H3,(H,25,26);4*1-15H;/t17-,18-,20-,22+;;;;;/m0...../s1. The van der Waals surface area contributed by atoms with Crippen molar-refractivity contribution in [3.8, 4) is 0 Å². The van der Waals surface area contributed by atoms with Gasteiger partial charge >= 0.3 is 0 Å². The van der Waals surface area contributed by atoms with Crippen LogP contribution in [0.2, 0.25) is 10.0 Å². The van der Waals surface area contributed by atoms with E-state index in [0.29, 0.717) is 11.6 Å². The fourth-order valence-corrected chi connectivity index (χ4v) is 22.9. The first kappa shape index (κ1) is 75.4. The van der Waals surface area contributed by atoms with E-state index in [1.165, 1.54) is 69.2 Å². The van der Waals surface area contributed by atoms with Crippen LogP contribution in [-0.2, 0) is 25.2 Å². The third-order valence-corrected chi connectivity index (χ3v) is 28.5. The molecule has 1 aliphatic heterocycles. The number of nitrogens with one attached hydrogen (secondary N) is 1. The fraction of sp³-hybridized carbons (Fsp3) is 0.0745. The number of hydrogen-bond acceptors (Lipinski definition) is 1. The normalized spacial score (nSPS) is 15.4. The van der Waals surface area contributed by atoms with Crippen LogP contribution in [0.3, 0.4) is 0 Å².